The van der Waals surface area contributed by atoms with Crippen LogP contribution < -0.4 is 15.1 Å². The molecule has 0 aliphatic carbocycles. The minimum absolute atomic E-state index is 0.0963. The molecule has 1 amide bonds. The summed E-state index contributed by atoms with van der Waals surface area (Å²) in [6, 6.07) is 6.63. The number of hydrogen-bond donors (Lipinski definition) is 1. The highest BCUT2D eigenvalue weighted by Gasteiger charge is 2.18. The summed E-state index contributed by atoms with van der Waals surface area (Å²) in [5.74, 6) is 0.0963. The van der Waals surface area contributed by atoms with Crippen LogP contribution in [0.25, 0.3) is 0 Å². The average Bonchev–Trinajstić information content (AvgIpc) is 2.63. The smallest absolute Gasteiger partial charge is 0.224 e. The zero-order valence-corrected chi connectivity index (χ0v) is 14.3. The van der Waals surface area contributed by atoms with Crippen LogP contribution in [0, 0.1) is 0 Å². The van der Waals surface area contributed by atoms with E-state index in [1.165, 1.54) is 49.9 Å². The van der Waals surface area contributed by atoms with Gasteiger partial charge in [-0.15, -0.1) is 0 Å². The van der Waals surface area contributed by atoms with Crippen molar-refractivity contribution in [2.24, 2.45) is 0 Å². The summed E-state index contributed by atoms with van der Waals surface area (Å²) >= 11 is 0. The molecular formula is C19H29N3O. The first-order valence-electron chi connectivity index (χ1n) is 9.21. The second-order valence-electron chi connectivity index (χ2n) is 6.70. The lowest BCUT2D eigenvalue weighted by Gasteiger charge is -2.33. The average molecular weight is 315 g/mol. The molecule has 1 aromatic rings. The van der Waals surface area contributed by atoms with Crippen LogP contribution in [0.2, 0.25) is 0 Å². The van der Waals surface area contributed by atoms with E-state index in [2.05, 4.69) is 33.3 Å². The predicted octanol–water partition coefficient (Wildman–Crippen LogP) is 4.02. The largest absolute Gasteiger partial charge is 0.371 e. The van der Waals surface area contributed by atoms with Gasteiger partial charge in [0.1, 0.15) is 0 Å². The number of carbonyl (C=O) groups excluding carboxylic acids is 1. The molecule has 4 nitrogen and oxygen atoms in total. The molecule has 4 heteroatoms. The Morgan fingerprint density at radius 2 is 1.57 bits per heavy atom. The molecule has 2 fully saturated rings. The van der Waals surface area contributed by atoms with Crippen LogP contribution in [0.5, 0.6) is 0 Å². The van der Waals surface area contributed by atoms with Gasteiger partial charge in [0, 0.05) is 38.3 Å². The van der Waals surface area contributed by atoms with E-state index in [-0.39, 0.29) is 5.91 Å². The third-order valence-electron chi connectivity index (χ3n) is 4.99. The monoisotopic (exact) mass is 315 g/mol. The molecule has 1 N–H and O–H groups in total. The van der Waals surface area contributed by atoms with Gasteiger partial charge in [-0.05, 0) is 56.7 Å². The fourth-order valence-electron chi connectivity index (χ4n) is 3.62. The van der Waals surface area contributed by atoms with E-state index in [0.29, 0.717) is 6.42 Å². The Bertz CT molecular complexity index is 531. The van der Waals surface area contributed by atoms with E-state index >= 15 is 0 Å². The van der Waals surface area contributed by atoms with E-state index in [1.54, 1.807) is 0 Å². The minimum Gasteiger partial charge on any atom is -0.371 e. The third kappa shape index (κ3) is 3.98. The summed E-state index contributed by atoms with van der Waals surface area (Å²) in [6.45, 7) is 6.36. The van der Waals surface area contributed by atoms with Gasteiger partial charge >= 0.3 is 0 Å². The molecule has 23 heavy (non-hydrogen) atoms. The molecule has 2 heterocycles. The first-order chi connectivity index (χ1) is 11.3. The number of piperidine rings is 2. The van der Waals surface area contributed by atoms with Gasteiger partial charge in [0.15, 0.2) is 0 Å². The topological polar surface area (TPSA) is 35.6 Å². The molecule has 0 saturated carbocycles. The number of carbonyl (C=O) groups is 1. The van der Waals surface area contributed by atoms with Crippen molar-refractivity contribution in [2.45, 2.75) is 51.9 Å². The Morgan fingerprint density at radius 3 is 2.17 bits per heavy atom. The molecule has 0 atom stereocenters. The highest BCUT2D eigenvalue weighted by Crippen LogP contribution is 2.33. The van der Waals surface area contributed by atoms with E-state index in [1.807, 2.05) is 6.92 Å². The van der Waals surface area contributed by atoms with Crippen LogP contribution in [0.4, 0.5) is 17.1 Å². The van der Waals surface area contributed by atoms with E-state index in [0.717, 1.165) is 31.9 Å². The normalized spacial score (nSPS) is 18.8. The van der Waals surface area contributed by atoms with E-state index < -0.39 is 0 Å². The van der Waals surface area contributed by atoms with Gasteiger partial charge in [0.25, 0.3) is 0 Å². The Morgan fingerprint density at radius 1 is 0.957 bits per heavy atom. The van der Waals surface area contributed by atoms with Gasteiger partial charge in [-0.25, -0.2) is 0 Å². The van der Waals surface area contributed by atoms with Gasteiger partial charge in [0.2, 0.25) is 5.91 Å². The molecule has 1 aromatic carbocycles. The van der Waals surface area contributed by atoms with Crippen LogP contribution in [0.15, 0.2) is 18.2 Å². The lowest BCUT2D eigenvalue weighted by molar-refractivity contribution is -0.115. The first-order valence-corrected chi connectivity index (χ1v) is 9.21. The maximum atomic E-state index is 12.0. The molecule has 126 valence electrons. The molecule has 0 bridgehead atoms. The Labute approximate surface area is 139 Å². The highest BCUT2D eigenvalue weighted by molar-refractivity contribution is 5.95. The number of anilines is 3. The van der Waals surface area contributed by atoms with Crippen molar-refractivity contribution in [3.8, 4) is 0 Å². The molecule has 0 unspecified atom stereocenters. The number of rotatable bonds is 4. The summed E-state index contributed by atoms with van der Waals surface area (Å²) in [7, 11) is 0. The van der Waals surface area contributed by atoms with Crippen molar-refractivity contribution in [2.75, 3.05) is 41.3 Å². The molecule has 0 aromatic heterocycles. The number of hydrogen-bond acceptors (Lipinski definition) is 3. The Kier molecular flexibility index (Phi) is 5.42. The van der Waals surface area contributed by atoms with Crippen molar-refractivity contribution >= 4 is 23.0 Å². The molecule has 0 spiro atoms. The lowest BCUT2D eigenvalue weighted by Crippen LogP contribution is -2.31. The van der Waals surface area contributed by atoms with Crippen LogP contribution in [-0.2, 0) is 4.79 Å². The molecule has 2 aliphatic rings. The molecule has 0 radical (unpaired) electrons. The van der Waals surface area contributed by atoms with Gasteiger partial charge in [-0.3, -0.25) is 4.79 Å². The molecular weight excluding hydrogens is 286 g/mol. The molecule has 3 rings (SSSR count). The van der Waals surface area contributed by atoms with Gasteiger partial charge < -0.3 is 15.1 Å². The van der Waals surface area contributed by atoms with Gasteiger partial charge in [-0.1, -0.05) is 6.92 Å². The lowest BCUT2D eigenvalue weighted by atomic mass is 10.1. The van der Waals surface area contributed by atoms with E-state index in [4.69, 9.17) is 0 Å². The van der Waals surface area contributed by atoms with Gasteiger partial charge in [-0.2, -0.15) is 0 Å². The van der Waals surface area contributed by atoms with Crippen LogP contribution >= 0.6 is 0 Å². The number of amides is 1. The standard InChI is InChI=1S/C19H29N3O/c1-2-19(23)20-17-15-16(21-11-5-3-6-12-21)9-10-18(17)22-13-7-4-8-14-22/h9-10,15H,2-8,11-14H2,1H3,(H,20,23). The fourth-order valence-corrected chi connectivity index (χ4v) is 3.62. The zero-order chi connectivity index (χ0) is 16.1. The van der Waals surface area contributed by atoms with Crippen molar-refractivity contribution in [3.05, 3.63) is 18.2 Å². The maximum absolute atomic E-state index is 12.0. The first kappa shape index (κ1) is 16.2. The minimum atomic E-state index is 0.0963. The quantitative estimate of drug-likeness (QED) is 0.911. The highest BCUT2D eigenvalue weighted by atomic mass is 16.1. The zero-order valence-electron chi connectivity index (χ0n) is 14.3. The van der Waals surface area contributed by atoms with Crippen molar-refractivity contribution in [1.29, 1.82) is 0 Å². The second kappa shape index (κ2) is 7.71. The molecule has 2 aliphatic heterocycles. The maximum Gasteiger partial charge on any atom is 0.224 e. The summed E-state index contributed by atoms with van der Waals surface area (Å²) < 4.78 is 0. The second-order valence-corrected chi connectivity index (χ2v) is 6.70. The van der Waals surface area contributed by atoms with Crippen LogP contribution in [0.1, 0.15) is 51.9 Å². The van der Waals surface area contributed by atoms with Crippen molar-refractivity contribution < 1.29 is 4.79 Å². The summed E-state index contributed by atoms with van der Waals surface area (Å²) in [6.07, 6.45) is 8.20. The SMILES string of the molecule is CCC(=O)Nc1cc(N2CCCCC2)ccc1N1CCCCC1. The summed E-state index contributed by atoms with van der Waals surface area (Å²) in [5, 5.41) is 3.13. The van der Waals surface area contributed by atoms with Gasteiger partial charge in [0.05, 0.1) is 11.4 Å². The van der Waals surface area contributed by atoms with Crippen LogP contribution in [-0.4, -0.2) is 32.1 Å². The fraction of sp³-hybridized carbons (Fsp3) is 0.632. The predicted molar refractivity (Wildman–Crippen MR) is 97.5 cm³/mol. The van der Waals surface area contributed by atoms with Crippen molar-refractivity contribution in [1.82, 2.24) is 0 Å². The summed E-state index contributed by atoms with van der Waals surface area (Å²) in [5.41, 5.74) is 3.42. The number of benzene rings is 1. The number of nitrogens with one attached hydrogen (secondary N) is 1. The Balaban J connectivity index is 1.86. The molecule has 2 saturated heterocycles. The van der Waals surface area contributed by atoms with E-state index in [9.17, 15) is 4.79 Å². The van der Waals surface area contributed by atoms with Crippen LogP contribution in [0.3, 0.4) is 0 Å². The number of nitrogens with zero attached hydrogens (tertiary/aromatic N) is 2. The third-order valence-corrected chi connectivity index (χ3v) is 4.99. The Hall–Kier alpha value is -1.71. The summed E-state index contributed by atoms with van der Waals surface area (Å²) in [4.78, 5) is 16.8. The van der Waals surface area contributed by atoms with Crippen molar-refractivity contribution in [3.63, 3.8) is 0 Å².